The number of amides is 1. The third-order valence-corrected chi connectivity index (χ3v) is 3.64. The lowest BCUT2D eigenvalue weighted by Gasteiger charge is -2.24. The van der Waals surface area contributed by atoms with E-state index >= 15 is 0 Å². The zero-order valence-electron chi connectivity index (χ0n) is 10.6. The highest BCUT2D eigenvalue weighted by Crippen LogP contribution is 2.38. The van der Waals surface area contributed by atoms with Crippen molar-refractivity contribution >= 4 is 11.9 Å². The minimum Gasteiger partial charge on any atom is -0.550 e. The number of hydrogen-bond acceptors (Lipinski definition) is 5. The maximum absolute atomic E-state index is 12.2. The summed E-state index contributed by atoms with van der Waals surface area (Å²) in [7, 11) is 0. The molecule has 0 spiro atoms. The fourth-order valence-corrected chi connectivity index (χ4v) is 2.70. The summed E-state index contributed by atoms with van der Waals surface area (Å²) in [5.74, 6) is -3.26. The van der Waals surface area contributed by atoms with Crippen molar-refractivity contribution in [2.24, 2.45) is 11.8 Å². The van der Waals surface area contributed by atoms with Gasteiger partial charge in [-0.05, 0) is 12.1 Å². The van der Waals surface area contributed by atoms with Gasteiger partial charge in [-0.2, -0.15) is 0 Å². The fraction of sp³-hybridized carbons (Fsp3) is 0.357. The van der Waals surface area contributed by atoms with E-state index in [9.17, 15) is 14.7 Å². The molecule has 0 saturated carbocycles. The lowest BCUT2D eigenvalue weighted by atomic mass is 9.82. The Hall–Kier alpha value is -2.21. The number of carbonyl (C=O) groups is 2. The second kappa shape index (κ2) is 5.05. The van der Waals surface area contributed by atoms with Crippen LogP contribution < -0.4 is 10.4 Å². The monoisotopic (exact) mass is 273 g/mol. The second-order valence-electron chi connectivity index (χ2n) is 4.86. The van der Waals surface area contributed by atoms with Gasteiger partial charge in [0.2, 0.25) is 5.91 Å². The van der Waals surface area contributed by atoms with E-state index in [-0.39, 0.29) is 12.5 Å². The highest BCUT2D eigenvalue weighted by atomic mass is 16.5. The van der Waals surface area contributed by atoms with E-state index in [0.29, 0.717) is 5.69 Å². The summed E-state index contributed by atoms with van der Waals surface area (Å²) in [5, 5.41) is 13.9. The predicted octanol–water partition coefficient (Wildman–Crippen LogP) is -0.983. The first-order valence-electron chi connectivity index (χ1n) is 6.39. The van der Waals surface area contributed by atoms with Crippen LogP contribution in [-0.2, 0) is 20.9 Å². The van der Waals surface area contributed by atoms with E-state index in [2.05, 4.69) is 10.3 Å². The zero-order valence-corrected chi connectivity index (χ0v) is 10.6. The van der Waals surface area contributed by atoms with Crippen molar-refractivity contribution in [3.05, 3.63) is 42.2 Å². The van der Waals surface area contributed by atoms with Crippen molar-refractivity contribution < 1.29 is 19.4 Å². The Morgan fingerprint density at radius 3 is 2.65 bits per heavy atom. The van der Waals surface area contributed by atoms with E-state index in [1.807, 2.05) is 6.07 Å². The lowest BCUT2D eigenvalue weighted by molar-refractivity contribution is -0.313. The quantitative estimate of drug-likeness (QED) is 0.712. The van der Waals surface area contributed by atoms with Crippen molar-refractivity contribution in [1.82, 2.24) is 10.3 Å². The van der Waals surface area contributed by atoms with Crippen LogP contribution in [0.25, 0.3) is 0 Å². The second-order valence-corrected chi connectivity index (χ2v) is 4.86. The van der Waals surface area contributed by atoms with Gasteiger partial charge in [0.05, 0.1) is 30.4 Å². The van der Waals surface area contributed by atoms with Crippen LogP contribution >= 0.6 is 0 Å². The third kappa shape index (κ3) is 2.18. The molecule has 3 heterocycles. The molecule has 6 heteroatoms. The van der Waals surface area contributed by atoms with E-state index in [1.165, 1.54) is 0 Å². The number of nitrogens with zero attached hydrogens (tertiary/aromatic N) is 1. The molecule has 1 N–H and O–H groups in total. The summed E-state index contributed by atoms with van der Waals surface area (Å²) in [6, 6.07) is 5.39. The largest absolute Gasteiger partial charge is 0.550 e. The molecule has 4 atom stereocenters. The van der Waals surface area contributed by atoms with Crippen molar-refractivity contribution in [1.29, 1.82) is 0 Å². The van der Waals surface area contributed by atoms with Crippen molar-refractivity contribution in [2.75, 3.05) is 0 Å². The molecule has 2 aliphatic heterocycles. The molecular formula is C14H13N2O4-. The Labute approximate surface area is 115 Å². The smallest absolute Gasteiger partial charge is 0.227 e. The molecular weight excluding hydrogens is 260 g/mol. The van der Waals surface area contributed by atoms with Gasteiger partial charge in [0.1, 0.15) is 0 Å². The summed E-state index contributed by atoms with van der Waals surface area (Å²) in [6.45, 7) is 0.261. The summed E-state index contributed by atoms with van der Waals surface area (Å²) >= 11 is 0. The molecule has 1 saturated heterocycles. The Balaban J connectivity index is 1.68. The number of pyridine rings is 1. The molecule has 1 aromatic rings. The van der Waals surface area contributed by atoms with Crippen LogP contribution in [0.15, 0.2) is 36.5 Å². The van der Waals surface area contributed by atoms with Crippen LogP contribution in [-0.4, -0.2) is 29.1 Å². The van der Waals surface area contributed by atoms with Crippen molar-refractivity contribution in [3.63, 3.8) is 0 Å². The predicted molar refractivity (Wildman–Crippen MR) is 65.9 cm³/mol. The van der Waals surface area contributed by atoms with E-state index in [4.69, 9.17) is 4.74 Å². The van der Waals surface area contributed by atoms with Crippen molar-refractivity contribution in [3.8, 4) is 0 Å². The molecule has 0 aromatic carbocycles. The molecule has 1 amide bonds. The number of fused-ring (bicyclic) bond motifs is 2. The van der Waals surface area contributed by atoms with Crippen LogP contribution in [0, 0.1) is 11.8 Å². The highest BCUT2D eigenvalue weighted by molar-refractivity contribution is 5.86. The van der Waals surface area contributed by atoms with Crippen LogP contribution in [0.4, 0.5) is 0 Å². The molecule has 6 nitrogen and oxygen atoms in total. The van der Waals surface area contributed by atoms with Gasteiger partial charge in [-0.15, -0.1) is 0 Å². The Kier molecular flexibility index (Phi) is 3.23. The molecule has 1 fully saturated rings. The zero-order chi connectivity index (χ0) is 14.1. The average molecular weight is 273 g/mol. The summed E-state index contributed by atoms with van der Waals surface area (Å²) in [6.07, 6.45) is 4.00. The van der Waals surface area contributed by atoms with Crippen molar-refractivity contribution in [2.45, 2.75) is 18.8 Å². The number of hydrogen-bond donors (Lipinski definition) is 1. The van der Waals surface area contributed by atoms with Gasteiger partial charge in [-0.1, -0.05) is 18.2 Å². The van der Waals surface area contributed by atoms with E-state index in [0.717, 1.165) is 0 Å². The number of nitrogens with one attached hydrogen (secondary N) is 1. The van der Waals surface area contributed by atoms with Gasteiger partial charge in [-0.3, -0.25) is 9.78 Å². The van der Waals surface area contributed by atoms with Crippen LogP contribution in [0.5, 0.6) is 0 Å². The number of carboxylic acids is 1. The molecule has 1 aromatic heterocycles. The molecule has 2 bridgehead atoms. The van der Waals surface area contributed by atoms with Gasteiger partial charge in [0.15, 0.2) is 0 Å². The van der Waals surface area contributed by atoms with Crippen LogP contribution in [0.3, 0.4) is 0 Å². The molecule has 2 aliphatic rings. The maximum Gasteiger partial charge on any atom is 0.227 e. The summed E-state index contributed by atoms with van der Waals surface area (Å²) in [4.78, 5) is 27.4. The molecule has 104 valence electrons. The van der Waals surface area contributed by atoms with Gasteiger partial charge in [-0.25, -0.2) is 0 Å². The number of aliphatic carboxylic acids is 1. The first-order valence-corrected chi connectivity index (χ1v) is 6.39. The summed E-state index contributed by atoms with van der Waals surface area (Å²) in [5.41, 5.74) is 0.713. The topological polar surface area (TPSA) is 91.4 Å². The number of rotatable bonds is 4. The van der Waals surface area contributed by atoms with Crippen LogP contribution in [0.2, 0.25) is 0 Å². The maximum atomic E-state index is 12.2. The molecule has 20 heavy (non-hydrogen) atoms. The normalized spacial score (nSPS) is 30.4. The average Bonchev–Trinajstić information content (AvgIpc) is 3.06. The van der Waals surface area contributed by atoms with Gasteiger partial charge in [0.25, 0.3) is 0 Å². The van der Waals surface area contributed by atoms with Gasteiger partial charge < -0.3 is 20.0 Å². The Morgan fingerprint density at radius 1 is 1.25 bits per heavy atom. The Morgan fingerprint density at radius 2 is 2.00 bits per heavy atom. The summed E-state index contributed by atoms with van der Waals surface area (Å²) < 4.78 is 5.42. The van der Waals surface area contributed by atoms with E-state index < -0.39 is 30.0 Å². The number of carbonyl (C=O) groups excluding carboxylic acids is 2. The minimum atomic E-state index is -1.25. The lowest BCUT2D eigenvalue weighted by Crippen LogP contribution is -2.46. The third-order valence-electron chi connectivity index (χ3n) is 3.64. The number of aromatic nitrogens is 1. The molecule has 0 unspecified atom stereocenters. The van der Waals surface area contributed by atoms with E-state index in [1.54, 1.807) is 30.5 Å². The molecule has 0 radical (unpaired) electrons. The van der Waals surface area contributed by atoms with Gasteiger partial charge in [0, 0.05) is 18.1 Å². The first-order chi connectivity index (χ1) is 9.66. The first kappa shape index (κ1) is 12.8. The van der Waals surface area contributed by atoms with Crippen LogP contribution in [0.1, 0.15) is 5.69 Å². The highest BCUT2D eigenvalue weighted by Gasteiger charge is 2.50. The molecule has 0 aliphatic carbocycles. The van der Waals surface area contributed by atoms with Gasteiger partial charge >= 0.3 is 0 Å². The molecule has 3 rings (SSSR count). The standard InChI is InChI=1S/C14H14N2O4/c17-13(16-7-8-3-1-2-6-15-8)11-9-4-5-10(20-9)12(11)14(18)19/h1-6,9-12H,7H2,(H,16,17)(H,18,19)/p-1/t9-,10+,11-,12-/m0/s1. The number of ether oxygens (including phenoxy) is 1. The minimum absolute atomic E-state index is 0.261. The Bertz CT molecular complexity index is 558. The SMILES string of the molecule is O=C(NCc1ccccn1)[C@@H]1[C@@H](C(=O)[O-])[C@H]2C=C[C@@H]1O2. The fourth-order valence-electron chi connectivity index (χ4n) is 2.70. The number of carboxylic acid groups (broad SMARTS) is 1.